The van der Waals surface area contributed by atoms with E-state index < -0.39 is 12.6 Å². The Kier molecular flexibility index (Phi) is 8.31. The first-order valence-electron chi connectivity index (χ1n) is 12.5. The number of halogens is 3. The minimum Gasteiger partial charge on any atom is -0.348 e. The maximum atomic E-state index is 12.7. The van der Waals surface area contributed by atoms with Gasteiger partial charge in [-0.25, -0.2) is 4.98 Å². The molecule has 1 amide bonds. The molecule has 35 heavy (non-hydrogen) atoms. The van der Waals surface area contributed by atoms with Gasteiger partial charge in [-0.1, -0.05) is 6.07 Å². The Labute approximate surface area is 207 Å². The average Bonchev–Trinajstić information content (AvgIpc) is 3.24. The molecule has 0 saturated heterocycles. The molecule has 4 rings (SSSR count). The lowest BCUT2D eigenvalue weighted by Crippen LogP contribution is -2.40. The summed E-state index contributed by atoms with van der Waals surface area (Å²) in [5.74, 6) is 0.419. The number of amides is 1. The van der Waals surface area contributed by atoms with Gasteiger partial charge in [0.15, 0.2) is 0 Å². The zero-order chi connectivity index (χ0) is 25.0. The van der Waals surface area contributed by atoms with Crippen LogP contribution < -0.4 is 10.9 Å². The lowest BCUT2D eigenvalue weighted by molar-refractivity contribution is -0.134. The molecule has 1 saturated carbocycles. The Bertz CT molecular complexity index is 1070. The number of rotatable bonds is 8. The standard InChI is InChI=1S/C25H33F3N4O2S/c1-2-32-20(4-3-5-23(32)33)24(34)29-18-8-6-17(7-9-18)11-14-31-15-12-21-19(16-31)30-22(35-21)10-13-25(26,27)28/h3-5,17-18H,2,6-16H2,1H3,(H,29,34). The molecule has 1 fully saturated rings. The predicted octanol–water partition coefficient (Wildman–Crippen LogP) is 4.56. The molecule has 2 aromatic heterocycles. The van der Waals surface area contributed by atoms with Gasteiger partial charge in [-0.05, 0) is 64.0 Å². The number of aromatic nitrogens is 2. The van der Waals surface area contributed by atoms with Gasteiger partial charge in [0, 0.05) is 49.5 Å². The average molecular weight is 511 g/mol. The fourth-order valence-corrected chi connectivity index (χ4v) is 6.18. The number of fused-ring (bicyclic) bond motifs is 1. The Morgan fingerprint density at radius 2 is 2.00 bits per heavy atom. The SMILES string of the molecule is CCn1c(C(=O)NC2CCC(CCN3CCc4sc(CCC(F)(F)F)nc4C3)CC2)cccc1=O. The molecule has 10 heteroatoms. The van der Waals surface area contributed by atoms with Crippen LogP contribution in [0.3, 0.4) is 0 Å². The molecule has 1 N–H and O–H groups in total. The second-order valence-electron chi connectivity index (χ2n) is 9.59. The van der Waals surface area contributed by atoms with E-state index in [0.717, 1.165) is 68.7 Å². The first kappa shape index (κ1) is 25.9. The molecule has 2 aromatic rings. The number of nitrogens with one attached hydrogen (secondary N) is 1. The maximum Gasteiger partial charge on any atom is 0.389 e. The smallest absolute Gasteiger partial charge is 0.348 e. The molecule has 3 heterocycles. The third-order valence-electron chi connectivity index (χ3n) is 7.11. The predicted molar refractivity (Wildman–Crippen MR) is 130 cm³/mol. The number of nitrogens with zero attached hydrogens (tertiary/aromatic N) is 3. The van der Waals surface area contributed by atoms with Crippen molar-refractivity contribution in [3.8, 4) is 0 Å². The number of hydrogen-bond donors (Lipinski definition) is 1. The summed E-state index contributed by atoms with van der Waals surface area (Å²) in [7, 11) is 0. The van der Waals surface area contributed by atoms with Crippen LogP contribution >= 0.6 is 11.3 Å². The molecular formula is C25H33F3N4O2S. The van der Waals surface area contributed by atoms with E-state index in [4.69, 9.17) is 0 Å². The Balaban J connectivity index is 1.20. The van der Waals surface area contributed by atoms with Crippen molar-refractivity contribution in [3.63, 3.8) is 0 Å². The molecule has 0 radical (unpaired) electrons. The number of carbonyl (C=O) groups excluding carboxylic acids is 1. The van der Waals surface area contributed by atoms with Crippen LogP contribution in [0.1, 0.15) is 71.5 Å². The highest BCUT2D eigenvalue weighted by molar-refractivity contribution is 7.11. The third kappa shape index (κ3) is 6.94. The lowest BCUT2D eigenvalue weighted by Gasteiger charge is -2.32. The van der Waals surface area contributed by atoms with Crippen LogP contribution in [0.2, 0.25) is 0 Å². The van der Waals surface area contributed by atoms with Crippen LogP contribution in [0.5, 0.6) is 0 Å². The van der Waals surface area contributed by atoms with Crippen LogP contribution in [0.25, 0.3) is 0 Å². The summed E-state index contributed by atoms with van der Waals surface area (Å²) in [5, 5.41) is 3.71. The Hall–Kier alpha value is -2.20. The molecule has 0 aromatic carbocycles. The van der Waals surface area contributed by atoms with Crippen molar-refractivity contribution in [2.75, 3.05) is 13.1 Å². The van der Waals surface area contributed by atoms with Crippen LogP contribution in [0.15, 0.2) is 23.0 Å². The minimum atomic E-state index is -4.14. The van der Waals surface area contributed by atoms with Crippen molar-refractivity contribution >= 4 is 17.2 Å². The number of pyridine rings is 1. The molecule has 0 unspecified atom stereocenters. The van der Waals surface area contributed by atoms with Gasteiger partial charge in [0.2, 0.25) is 0 Å². The minimum absolute atomic E-state index is 0.0261. The van der Waals surface area contributed by atoms with Crippen molar-refractivity contribution in [3.05, 3.63) is 49.8 Å². The van der Waals surface area contributed by atoms with Crippen molar-refractivity contribution in [1.82, 2.24) is 19.8 Å². The van der Waals surface area contributed by atoms with Gasteiger partial charge < -0.3 is 9.88 Å². The number of carbonyl (C=O) groups is 1. The zero-order valence-corrected chi connectivity index (χ0v) is 20.9. The van der Waals surface area contributed by atoms with E-state index in [0.29, 0.717) is 23.2 Å². The van der Waals surface area contributed by atoms with Gasteiger partial charge in [-0.3, -0.25) is 14.5 Å². The normalized spacial score (nSPS) is 21.0. The monoisotopic (exact) mass is 510 g/mol. The van der Waals surface area contributed by atoms with Crippen LogP contribution in [0, 0.1) is 5.92 Å². The highest BCUT2D eigenvalue weighted by Gasteiger charge is 2.29. The number of hydrogen-bond acceptors (Lipinski definition) is 5. The number of alkyl halides is 3. The van der Waals surface area contributed by atoms with Gasteiger partial charge >= 0.3 is 6.18 Å². The molecule has 2 aliphatic rings. The van der Waals surface area contributed by atoms with Crippen LogP contribution in [0.4, 0.5) is 13.2 Å². The van der Waals surface area contributed by atoms with E-state index in [2.05, 4.69) is 15.2 Å². The van der Waals surface area contributed by atoms with Gasteiger partial charge in [0.25, 0.3) is 11.5 Å². The third-order valence-corrected chi connectivity index (χ3v) is 8.32. The van der Waals surface area contributed by atoms with Gasteiger partial charge in [0.05, 0.1) is 10.7 Å². The summed E-state index contributed by atoms with van der Waals surface area (Å²) >= 11 is 1.44. The fraction of sp³-hybridized carbons (Fsp3) is 0.640. The second-order valence-corrected chi connectivity index (χ2v) is 10.8. The molecule has 6 nitrogen and oxygen atoms in total. The quantitative estimate of drug-likeness (QED) is 0.566. The van der Waals surface area contributed by atoms with Crippen molar-refractivity contribution < 1.29 is 18.0 Å². The molecule has 192 valence electrons. The molecule has 0 bridgehead atoms. The molecule has 1 aliphatic heterocycles. The fourth-order valence-electron chi connectivity index (χ4n) is 5.12. The number of thiazole rings is 1. The summed E-state index contributed by atoms with van der Waals surface area (Å²) in [6.07, 6.45) is 0.929. The van der Waals surface area contributed by atoms with Gasteiger partial charge in [-0.2, -0.15) is 13.2 Å². The Morgan fingerprint density at radius 3 is 2.71 bits per heavy atom. The first-order valence-corrected chi connectivity index (χ1v) is 13.3. The summed E-state index contributed by atoms with van der Waals surface area (Å²) < 4.78 is 39.0. The van der Waals surface area contributed by atoms with E-state index in [9.17, 15) is 22.8 Å². The summed E-state index contributed by atoms with van der Waals surface area (Å²) in [6, 6.07) is 4.91. The van der Waals surface area contributed by atoms with Crippen LogP contribution in [-0.2, 0) is 25.9 Å². The van der Waals surface area contributed by atoms with Crippen LogP contribution in [-0.4, -0.2) is 45.7 Å². The van der Waals surface area contributed by atoms with Gasteiger partial charge in [-0.15, -0.1) is 11.3 Å². The molecule has 0 atom stereocenters. The van der Waals surface area contributed by atoms with E-state index >= 15 is 0 Å². The maximum absolute atomic E-state index is 12.7. The first-order chi connectivity index (χ1) is 16.7. The van der Waals surface area contributed by atoms with Crippen molar-refractivity contribution in [2.24, 2.45) is 5.92 Å². The molecule has 0 spiro atoms. The van der Waals surface area contributed by atoms with Crippen molar-refractivity contribution in [2.45, 2.75) is 83.6 Å². The molecule has 1 aliphatic carbocycles. The second kappa shape index (κ2) is 11.2. The number of aryl methyl sites for hydroxylation is 1. The highest BCUT2D eigenvalue weighted by Crippen LogP contribution is 2.31. The molecular weight excluding hydrogens is 477 g/mol. The zero-order valence-electron chi connectivity index (χ0n) is 20.1. The lowest BCUT2D eigenvalue weighted by atomic mass is 9.84. The summed E-state index contributed by atoms with van der Waals surface area (Å²) in [4.78, 5) is 32.7. The van der Waals surface area contributed by atoms with E-state index in [1.54, 1.807) is 12.1 Å². The largest absolute Gasteiger partial charge is 0.389 e. The topological polar surface area (TPSA) is 67.2 Å². The summed E-state index contributed by atoms with van der Waals surface area (Å²) in [6.45, 7) is 4.93. The highest BCUT2D eigenvalue weighted by atomic mass is 32.1. The van der Waals surface area contributed by atoms with Gasteiger partial charge in [0.1, 0.15) is 5.69 Å². The Morgan fingerprint density at radius 1 is 1.23 bits per heavy atom. The summed E-state index contributed by atoms with van der Waals surface area (Å²) in [5.41, 5.74) is 1.20. The van der Waals surface area contributed by atoms with E-state index in [1.165, 1.54) is 22.0 Å². The van der Waals surface area contributed by atoms with E-state index in [1.807, 2.05) is 6.92 Å². The van der Waals surface area contributed by atoms with Crippen molar-refractivity contribution in [1.29, 1.82) is 0 Å². The van der Waals surface area contributed by atoms with E-state index in [-0.39, 0.29) is 23.9 Å².